The van der Waals surface area contributed by atoms with E-state index in [4.69, 9.17) is 0 Å². The van der Waals surface area contributed by atoms with E-state index in [0.29, 0.717) is 12.1 Å². The van der Waals surface area contributed by atoms with E-state index < -0.39 is 6.10 Å². The van der Waals surface area contributed by atoms with Crippen molar-refractivity contribution in [3.8, 4) is 11.3 Å². The molecule has 0 fully saturated rings. The molecule has 0 amide bonds. The first-order chi connectivity index (χ1) is 9.33. The van der Waals surface area contributed by atoms with Gasteiger partial charge >= 0.3 is 0 Å². The van der Waals surface area contributed by atoms with E-state index in [0.717, 1.165) is 28.0 Å². The minimum absolute atomic E-state index is 0.475. The maximum atomic E-state index is 10.0. The van der Waals surface area contributed by atoms with Crippen LogP contribution in [-0.4, -0.2) is 18.8 Å². The summed E-state index contributed by atoms with van der Waals surface area (Å²) in [5, 5.41) is 12.9. The van der Waals surface area contributed by atoms with Gasteiger partial charge in [0, 0.05) is 17.4 Å². The van der Waals surface area contributed by atoms with Gasteiger partial charge in [-0.2, -0.15) is 8.75 Å². The molecule has 0 saturated heterocycles. The smallest absolute Gasteiger partial charge is 0.105 e. The van der Waals surface area contributed by atoms with Gasteiger partial charge in [0.1, 0.15) is 11.8 Å². The summed E-state index contributed by atoms with van der Waals surface area (Å²) in [7, 11) is 0. The van der Waals surface area contributed by atoms with Gasteiger partial charge in [0.15, 0.2) is 0 Å². The van der Waals surface area contributed by atoms with Crippen molar-refractivity contribution in [1.29, 1.82) is 0 Å². The molecule has 0 aliphatic carbocycles. The normalized spacial score (nSPS) is 12.5. The highest BCUT2D eigenvalue weighted by Crippen LogP contribution is 2.24. The van der Waals surface area contributed by atoms with Crippen molar-refractivity contribution in [2.45, 2.75) is 12.5 Å². The zero-order chi connectivity index (χ0) is 13.1. The Morgan fingerprint density at radius 2 is 2.05 bits per heavy atom. The maximum Gasteiger partial charge on any atom is 0.105 e. The molecule has 6 heteroatoms. The highest BCUT2D eigenvalue weighted by atomic mass is 32.1. The number of nitrogens with zero attached hydrogens (tertiary/aromatic N) is 3. The summed E-state index contributed by atoms with van der Waals surface area (Å²) in [6, 6.07) is 10.0. The Balaban J connectivity index is 1.75. The van der Waals surface area contributed by atoms with Crippen molar-refractivity contribution < 1.29 is 5.11 Å². The molecule has 1 unspecified atom stereocenters. The topological polar surface area (TPSA) is 58.9 Å². The van der Waals surface area contributed by atoms with E-state index in [1.165, 1.54) is 0 Å². The molecular weight excluding hydrogens is 278 g/mol. The number of rotatable bonds is 4. The summed E-state index contributed by atoms with van der Waals surface area (Å²) in [6.45, 7) is 0. The molecule has 0 aliphatic rings. The van der Waals surface area contributed by atoms with E-state index >= 15 is 0 Å². The number of aliphatic hydroxyl groups excluding tert-OH is 1. The van der Waals surface area contributed by atoms with Crippen LogP contribution in [0.15, 0.2) is 41.9 Å². The Morgan fingerprint density at radius 3 is 2.79 bits per heavy atom. The van der Waals surface area contributed by atoms with Gasteiger partial charge < -0.3 is 5.11 Å². The number of aliphatic hydroxyl groups is 1. The zero-order valence-corrected chi connectivity index (χ0v) is 11.6. The lowest BCUT2D eigenvalue weighted by Crippen LogP contribution is -2.01. The third-order valence-electron chi connectivity index (χ3n) is 2.71. The van der Waals surface area contributed by atoms with E-state index in [2.05, 4.69) is 13.7 Å². The molecule has 3 rings (SSSR count). The van der Waals surface area contributed by atoms with E-state index in [9.17, 15) is 5.11 Å². The number of benzene rings is 1. The van der Waals surface area contributed by atoms with Crippen LogP contribution in [0.2, 0.25) is 0 Å². The van der Waals surface area contributed by atoms with Gasteiger partial charge in [-0.25, -0.2) is 4.98 Å². The Bertz CT molecular complexity index is 637. The average molecular weight is 289 g/mol. The molecule has 4 nitrogen and oxygen atoms in total. The number of aromatic nitrogens is 3. The van der Waals surface area contributed by atoms with Gasteiger partial charge in [-0.05, 0) is 0 Å². The van der Waals surface area contributed by atoms with Crippen LogP contribution in [0, 0.1) is 0 Å². The molecule has 2 heterocycles. The fourth-order valence-corrected chi connectivity index (χ4v) is 3.04. The van der Waals surface area contributed by atoms with Crippen molar-refractivity contribution >= 4 is 23.1 Å². The first kappa shape index (κ1) is 12.4. The van der Waals surface area contributed by atoms with Crippen molar-refractivity contribution in [1.82, 2.24) is 13.7 Å². The third-order valence-corrected chi connectivity index (χ3v) is 4.07. The van der Waals surface area contributed by atoms with Crippen LogP contribution in [0.5, 0.6) is 0 Å². The molecular formula is C13H11N3OS2. The molecule has 1 atom stereocenters. The Kier molecular flexibility index (Phi) is 3.63. The summed E-state index contributed by atoms with van der Waals surface area (Å²) in [5.74, 6) is 0. The Morgan fingerprint density at radius 1 is 1.21 bits per heavy atom. The summed E-state index contributed by atoms with van der Waals surface area (Å²) < 4.78 is 7.93. The lowest BCUT2D eigenvalue weighted by molar-refractivity contribution is 0.174. The van der Waals surface area contributed by atoms with Crippen LogP contribution >= 0.6 is 23.1 Å². The van der Waals surface area contributed by atoms with Gasteiger partial charge in [0.05, 0.1) is 28.6 Å². The number of hydrogen-bond acceptors (Lipinski definition) is 6. The SMILES string of the molecule is OC(Cc1nc(-c2ccccc2)cs1)c1cnsn1. The predicted molar refractivity (Wildman–Crippen MR) is 76.1 cm³/mol. The highest BCUT2D eigenvalue weighted by Gasteiger charge is 2.14. The molecule has 19 heavy (non-hydrogen) atoms. The molecule has 0 radical (unpaired) electrons. The molecule has 0 bridgehead atoms. The molecule has 3 aromatic rings. The second kappa shape index (κ2) is 5.56. The molecule has 96 valence electrons. The lowest BCUT2D eigenvalue weighted by atomic mass is 10.2. The van der Waals surface area contributed by atoms with Crippen molar-refractivity contribution in [2.75, 3.05) is 0 Å². The molecule has 0 saturated carbocycles. The Hall–Kier alpha value is -1.63. The van der Waals surface area contributed by atoms with Crippen LogP contribution in [0.1, 0.15) is 16.8 Å². The molecule has 0 spiro atoms. The summed E-state index contributed by atoms with van der Waals surface area (Å²) in [5.41, 5.74) is 2.65. The quantitative estimate of drug-likeness (QED) is 0.802. The maximum absolute atomic E-state index is 10.0. The van der Waals surface area contributed by atoms with Crippen LogP contribution in [0.25, 0.3) is 11.3 Å². The van der Waals surface area contributed by atoms with Gasteiger partial charge in [-0.1, -0.05) is 30.3 Å². The van der Waals surface area contributed by atoms with Crippen molar-refractivity contribution in [3.05, 3.63) is 52.6 Å². The number of hydrogen-bond donors (Lipinski definition) is 1. The molecule has 0 aliphatic heterocycles. The summed E-state index contributed by atoms with van der Waals surface area (Å²) in [6.07, 6.45) is 1.44. The summed E-state index contributed by atoms with van der Waals surface area (Å²) >= 11 is 2.66. The highest BCUT2D eigenvalue weighted by molar-refractivity contribution is 7.09. The fraction of sp³-hybridized carbons (Fsp3) is 0.154. The largest absolute Gasteiger partial charge is 0.386 e. The minimum Gasteiger partial charge on any atom is -0.386 e. The van der Waals surface area contributed by atoms with Crippen molar-refractivity contribution in [2.24, 2.45) is 0 Å². The Labute approximate surface area is 118 Å². The van der Waals surface area contributed by atoms with E-state index in [1.807, 2.05) is 35.7 Å². The van der Waals surface area contributed by atoms with Gasteiger partial charge in [0.25, 0.3) is 0 Å². The molecule has 2 aromatic heterocycles. The fourth-order valence-electron chi connectivity index (χ4n) is 1.73. The first-order valence-corrected chi connectivity index (χ1v) is 7.39. The van der Waals surface area contributed by atoms with E-state index in [1.54, 1.807) is 17.5 Å². The molecule has 1 N–H and O–H groups in total. The van der Waals surface area contributed by atoms with Crippen LogP contribution in [-0.2, 0) is 6.42 Å². The number of thiazole rings is 1. The van der Waals surface area contributed by atoms with Crippen molar-refractivity contribution in [3.63, 3.8) is 0 Å². The third kappa shape index (κ3) is 2.86. The van der Waals surface area contributed by atoms with Gasteiger partial charge in [-0.3, -0.25) is 0 Å². The monoisotopic (exact) mass is 289 g/mol. The second-order valence-corrected chi connectivity index (χ2v) is 5.54. The standard InChI is InChI=1S/C13H11N3OS2/c17-12(10-7-14-19-16-10)6-13-15-11(8-18-13)9-4-2-1-3-5-9/h1-5,7-8,12,17H,6H2. The minimum atomic E-state index is -0.631. The summed E-state index contributed by atoms with van der Waals surface area (Å²) in [4.78, 5) is 4.54. The van der Waals surface area contributed by atoms with Crippen LogP contribution in [0.3, 0.4) is 0 Å². The second-order valence-electron chi connectivity index (χ2n) is 4.04. The average Bonchev–Trinajstić information content (AvgIpc) is 3.11. The van der Waals surface area contributed by atoms with Crippen LogP contribution < -0.4 is 0 Å². The van der Waals surface area contributed by atoms with Gasteiger partial charge in [-0.15, -0.1) is 11.3 Å². The van der Waals surface area contributed by atoms with Crippen LogP contribution in [0.4, 0.5) is 0 Å². The first-order valence-electron chi connectivity index (χ1n) is 5.78. The molecule has 1 aromatic carbocycles. The lowest BCUT2D eigenvalue weighted by Gasteiger charge is -2.03. The zero-order valence-electron chi connectivity index (χ0n) is 9.93. The van der Waals surface area contributed by atoms with Gasteiger partial charge in [0.2, 0.25) is 0 Å². The van der Waals surface area contributed by atoms with E-state index in [-0.39, 0.29) is 0 Å². The predicted octanol–water partition coefficient (Wildman–Crippen LogP) is 2.94.